The van der Waals surface area contributed by atoms with Crippen LogP contribution in [0.5, 0.6) is 0 Å². The molecule has 3 heterocycles. The average molecular weight is 454 g/mol. The maximum absolute atomic E-state index is 10.6. The van der Waals surface area contributed by atoms with Crippen molar-refractivity contribution in [2.75, 3.05) is 5.32 Å². The molecule has 33 heavy (non-hydrogen) atoms. The molecule has 4 rings (SSSR count). The number of rotatable bonds is 4. The zero-order valence-corrected chi connectivity index (χ0v) is 17.2. The molecule has 0 aliphatic heterocycles. The summed E-state index contributed by atoms with van der Waals surface area (Å²) in [5.41, 5.74) is 4.06. The summed E-state index contributed by atoms with van der Waals surface area (Å²) in [4.78, 5) is 22.2. The Morgan fingerprint density at radius 2 is 1.64 bits per heavy atom. The number of hydrogen-bond donors (Lipinski definition) is 2. The molecule has 0 amide bonds. The Labute approximate surface area is 186 Å². The lowest BCUT2D eigenvalue weighted by molar-refractivity contribution is -0.192. The van der Waals surface area contributed by atoms with E-state index in [1.54, 1.807) is 12.4 Å². The Morgan fingerprint density at radius 1 is 0.939 bits per heavy atom. The predicted molar refractivity (Wildman–Crippen MR) is 114 cm³/mol. The summed E-state index contributed by atoms with van der Waals surface area (Å²) in [6, 6.07) is 19.3. The quantitative estimate of drug-likeness (QED) is 0.457. The third-order valence-corrected chi connectivity index (χ3v) is 4.04. The molecular formula is C22H17F3N6O2. The highest BCUT2D eigenvalue weighted by atomic mass is 19.4. The lowest BCUT2D eigenvalue weighted by Crippen LogP contribution is -2.21. The number of alkyl halides is 3. The lowest BCUT2D eigenvalue weighted by atomic mass is 10.1. The second-order valence-electron chi connectivity index (χ2n) is 6.53. The first-order chi connectivity index (χ1) is 15.7. The number of carboxylic acid groups (broad SMARTS) is 1. The molecule has 168 valence electrons. The number of carbonyl (C=O) groups is 1. The highest BCUT2D eigenvalue weighted by molar-refractivity contribution is 5.75. The summed E-state index contributed by atoms with van der Waals surface area (Å²) in [7, 11) is 0. The molecule has 0 spiro atoms. The minimum atomic E-state index is -5.08. The zero-order valence-electron chi connectivity index (χ0n) is 17.2. The van der Waals surface area contributed by atoms with E-state index in [0.717, 1.165) is 16.9 Å². The molecule has 0 radical (unpaired) electrons. The number of hydrogen-bond acceptors (Lipinski definition) is 7. The van der Waals surface area contributed by atoms with Crippen molar-refractivity contribution >= 4 is 17.5 Å². The number of halogens is 3. The molecule has 1 aromatic carbocycles. The minimum absolute atomic E-state index is 0.466. The van der Waals surface area contributed by atoms with Gasteiger partial charge in [0.15, 0.2) is 5.82 Å². The molecule has 11 heteroatoms. The van der Waals surface area contributed by atoms with Crippen molar-refractivity contribution in [2.24, 2.45) is 0 Å². The molecular weight excluding hydrogens is 437 g/mol. The van der Waals surface area contributed by atoms with Crippen LogP contribution in [-0.4, -0.2) is 42.4 Å². The molecule has 0 saturated heterocycles. The number of aromatic nitrogens is 5. The van der Waals surface area contributed by atoms with Gasteiger partial charge in [-0.2, -0.15) is 13.2 Å². The standard InChI is InChI=1S/C20H16N6.C2HF3O2/c1-14-10-11-16(13-22-14)23-20-18(15-7-3-2-4-8-15)25-26-19(24-20)17-9-5-6-12-21-17;3-2(4,5)1(6)7/h2-13H,1H3,(H,23,24,26);(H,6,7). The van der Waals surface area contributed by atoms with Gasteiger partial charge in [0.05, 0.1) is 11.9 Å². The Hall–Kier alpha value is -4.41. The van der Waals surface area contributed by atoms with E-state index in [9.17, 15) is 13.2 Å². The summed E-state index contributed by atoms with van der Waals surface area (Å²) in [5, 5.41) is 19.1. The molecule has 0 unspecified atom stereocenters. The molecule has 8 nitrogen and oxygen atoms in total. The van der Waals surface area contributed by atoms with Crippen LogP contribution in [0.2, 0.25) is 0 Å². The predicted octanol–water partition coefficient (Wildman–Crippen LogP) is 4.68. The number of pyridine rings is 2. The number of nitrogens with one attached hydrogen (secondary N) is 1. The Balaban J connectivity index is 0.000000383. The molecule has 0 bridgehead atoms. The monoisotopic (exact) mass is 454 g/mol. The van der Waals surface area contributed by atoms with Crippen molar-refractivity contribution in [1.82, 2.24) is 25.1 Å². The van der Waals surface area contributed by atoms with Crippen LogP contribution in [0.4, 0.5) is 24.7 Å². The molecule has 0 aliphatic rings. The third kappa shape index (κ3) is 6.53. The van der Waals surface area contributed by atoms with Crippen LogP contribution < -0.4 is 5.32 Å². The number of aryl methyl sites for hydroxylation is 1. The SMILES string of the molecule is Cc1ccc(Nc2nc(-c3ccccn3)nnc2-c2ccccc2)cn1.O=C(O)C(F)(F)F. The zero-order chi connectivity index (χ0) is 23.8. The highest BCUT2D eigenvalue weighted by Crippen LogP contribution is 2.27. The van der Waals surface area contributed by atoms with E-state index in [1.165, 1.54) is 0 Å². The van der Waals surface area contributed by atoms with E-state index in [4.69, 9.17) is 9.90 Å². The van der Waals surface area contributed by atoms with Crippen LogP contribution in [0.25, 0.3) is 22.8 Å². The van der Waals surface area contributed by atoms with Crippen LogP contribution >= 0.6 is 0 Å². The second kappa shape index (κ2) is 10.3. The van der Waals surface area contributed by atoms with Gasteiger partial charge < -0.3 is 10.4 Å². The normalized spacial score (nSPS) is 10.7. The smallest absolute Gasteiger partial charge is 0.475 e. The number of benzene rings is 1. The van der Waals surface area contributed by atoms with E-state index < -0.39 is 12.1 Å². The first kappa shape index (κ1) is 23.3. The average Bonchev–Trinajstić information content (AvgIpc) is 2.81. The van der Waals surface area contributed by atoms with Crippen LogP contribution in [-0.2, 0) is 4.79 Å². The van der Waals surface area contributed by atoms with Crippen LogP contribution in [0, 0.1) is 6.92 Å². The van der Waals surface area contributed by atoms with Gasteiger partial charge in [-0.05, 0) is 31.2 Å². The number of nitrogens with zero attached hydrogens (tertiary/aromatic N) is 5. The molecule has 3 aromatic heterocycles. The van der Waals surface area contributed by atoms with Crippen LogP contribution in [0.1, 0.15) is 5.69 Å². The molecule has 0 atom stereocenters. The van der Waals surface area contributed by atoms with Gasteiger partial charge in [-0.3, -0.25) is 9.97 Å². The molecule has 0 aliphatic carbocycles. The molecule has 4 aromatic rings. The van der Waals surface area contributed by atoms with E-state index in [1.807, 2.05) is 67.6 Å². The summed E-state index contributed by atoms with van der Waals surface area (Å²) in [6.45, 7) is 1.95. The minimum Gasteiger partial charge on any atom is -0.475 e. The second-order valence-corrected chi connectivity index (χ2v) is 6.53. The summed E-state index contributed by atoms with van der Waals surface area (Å²) in [5.74, 6) is -1.68. The van der Waals surface area contributed by atoms with Crippen molar-refractivity contribution in [1.29, 1.82) is 0 Å². The number of anilines is 2. The largest absolute Gasteiger partial charge is 0.490 e. The maximum atomic E-state index is 10.6. The van der Waals surface area contributed by atoms with Gasteiger partial charge in [-0.15, -0.1) is 10.2 Å². The summed E-state index contributed by atoms with van der Waals surface area (Å²) >= 11 is 0. The fourth-order valence-corrected chi connectivity index (χ4v) is 2.49. The summed E-state index contributed by atoms with van der Waals surface area (Å²) in [6.07, 6.45) is -1.60. The van der Waals surface area contributed by atoms with Crippen LogP contribution in [0.15, 0.2) is 73.1 Å². The molecule has 2 N–H and O–H groups in total. The Morgan fingerprint density at radius 3 is 2.21 bits per heavy atom. The number of aliphatic carboxylic acids is 1. The van der Waals surface area contributed by atoms with Crippen molar-refractivity contribution in [3.63, 3.8) is 0 Å². The van der Waals surface area contributed by atoms with Crippen molar-refractivity contribution in [3.05, 3.63) is 78.8 Å². The summed E-state index contributed by atoms with van der Waals surface area (Å²) < 4.78 is 31.7. The maximum Gasteiger partial charge on any atom is 0.490 e. The molecule has 0 fully saturated rings. The van der Waals surface area contributed by atoms with Gasteiger partial charge in [0, 0.05) is 17.5 Å². The fourth-order valence-electron chi connectivity index (χ4n) is 2.49. The van der Waals surface area contributed by atoms with Gasteiger partial charge in [0.2, 0.25) is 5.82 Å². The first-order valence-corrected chi connectivity index (χ1v) is 9.45. The first-order valence-electron chi connectivity index (χ1n) is 9.45. The van der Waals surface area contributed by atoms with Gasteiger partial charge in [0.25, 0.3) is 0 Å². The topological polar surface area (TPSA) is 114 Å². The lowest BCUT2D eigenvalue weighted by Gasteiger charge is -2.11. The van der Waals surface area contributed by atoms with Crippen molar-refractivity contribution in [2.45, 2.75) is 13.1 Å². The van der Waals surface area contributed by atoms with Gasteiger partial charge >= 0.3 is 12.1 Å². The van der Waals surface area contributed by atoms with Crippen molar-refractivity contribution in [3.8, 4) is 22.8 Å². The van der Waals surface area contributed by atoms with E-state index in [-0.39, 0.29) is 0 Å². The highest BCUT2D eigenvalue weighted by Gasteiger charge is 2.38. The van der Waals surface area contributed by atoms with E-state index in [0.29, 0.717) is 23.0 Å². The van der Waals surface area contributed by atoms with E-state index in [2.05, 4.69) is 30.5 Å². The molecule has 0 saturated carbocycles. The van der Waals surface area contributed by atoms with Gasteiger partial charge in [0.1, 0.15) is 11.4 Å². The van der Waals surface area contributed by atoms with Gasteiger partial charge in [-0.25, -0.2) is 9.78 Å². The number of carboxylic acids is 1. The Bertz CT molecular complexity index is 1200. The van der Waals surface area contributed by atoms with Crippen LogP contribution in [0.3, 0.4) is 0 Å². The third-order valence-electron chi connectivity index (χ3n) is 4.04. The van der Waals surface area contributed by atoms with E-state index >= 15 is 0 Å². The van der Waals surface area contributed by atoms with Crippen molar-refractivity contribution < 1.29 is 23.1 Å². The fraction of sp³-hybridized carbons (Fsp3) is 0.0909. The Kier molecular flexibility index (Phi) is 7.24. The van der Waals surface area contributed by atoms with Gasteiger partial charge in [-0.1, -0.05) is 36.4 Å².